The molecule has 2 aromatic heterocycles. The Hall–Kier alpha value is -1.80. The molecule has 0 bridgehead atoms. The highest BCUT2D eigenvalue weighted by molar-refractivity contribution is 7.92. The predicted molar refractivity (Wildman–Crippen MR) is 75.6 cm³/mol. The SMILES string of the molecule is CC(C)c1cc(NS(=O)(=O)c2c[nH]c(=O)c(Cl)c2)n[nH]1. The molecule has 0 aliphatic heterocycles. The molecule has 9 heteroatoms. The third kappa shape index (κ3) is 3.02. The summed E-state index contributed by atoms with van der Waals surface area (Å²) in [5.41, 5.74) is 0.259. The number of nitrogens with one attached hydrogen (secondary N) is 3. The minimum Gasteiger partial charge on any atom is -0.326 e. The number of rotatable bonds is 4. The lowest BCUT2D eigenvalue weighted by Gasteiger charge is -2.05. The van der Waals surface area contributed by atoms with Gasteiger partial charge in [0.1, 0.15) is 9.92 Å². The third-order valence-corrected chi connectivity index (χ3v) is 4.22. The number of hydrogen-bond acceptors (Lipinski definition) is 4. The topological polar surface area (TPSA) is 108 Å². The Morgan fingerprint density at radius 1 is 1.35 bits per heavy atom. The van der Waals surface area contributed by atoms with Gasteiger partial charge >= 0.3 is 0 Å². The van der Waals surface area contributed by atoms with Crippen LogP contribution in [0.25, 0.3) is 0 Å². The fourth-order valence-corrected chi connectivity index (χ4v) is 2.70. The zero-order chi connectivity index (χ0) is 14.9. The van der Waals surface area contributed by atoms with E-state index in [0.717, 1.165) is 18.0 Å². The normalized spacial score (nSPS) is 11.8. The van der Waals surface area contributed by atoms with E-state index >= 15 is 0 Å². The number of halogens is 1. The van der Waals surface area contributed by atoms with Gasteiger partial charge in [0.25, 0.3) is 15.6 Å². The molecule has 0 aliphatic carbocycles. The Bertz CT molecular complexity index is 779. The molecule has 0 radical (unpaired) electrons. The molecule has 20 heavy (non-hydrogen) atoms. The van der Waals surface area contributed by atoms with Gasteiger partial charge in [-0.05, 0) is 12.0 Å². The molecule has 0 aliphatic rings. The molecule has 0 aromatic carbocycles. The minimum atomic E-state index is -3.85. The molecule has 0 atom stereocenters. The van der Waals surface area contributed by atoms with Crippen LogP contribution in [0.3, 0.4) is 0 Å². The highest BCUT2D eigenvalue weighted by Gasteiger charge is 2.17. The Balaban J connectivity index is 2.30. The summed E-state index contributed by atoms with van der Waals surface area (Å²) in [6.45, 7) is 3.90. The molecular formula is C11H13ClN4O3S. The monoisotopic (exact) mass is 316 g/mol. The fraction of sp³-hybridized carbons (Fsp3) is 0.273. The Labute approximate surface area is 120 Å². The molecular weight excluding hydrogens is 304 g/mol. The lowest BCUT2D eigenvalue weighted by molar-refractivity contribution is 0.600. The maximum atomic E-state index is 12.1. The van der Waals surface area contributed by atoms with Crippen molar-refractivity contribution >= 4 is 27.4 Å². The van der Waals surface area contributed by atoms with Crippen LogP contribution in [0.5, 0.6) is 0 Å². The molecule has 7 nitrogen and oxygen atoms in total. The van der Waals surface area contributed by atoms with Crippen molar-refractivity contribution in [3.05, 3.63) is 39.4 Å². The smallest absolute Gasteiger partial charge is 0.266 e. The van der Waals surface area contributed by atoms with Crippen LogP contribution in [-0.4, -0.2) is 23.6 Å². The largest absolute Gasteiger partial charge is 0.326 e. The fourth-order valence-electron chi connectivity index (χ4n) is 1.47. The summed E-state index contributed by atoms with van der Waals surface area (Å²) >= 11 is 5.61. The van der Waals surface area contributed by atoms with E-state index in [1.165, 1.54) is 0 Å². The first-order valence-electron chi connectivity index (χ1n) is 5.76. The third-order valence-electron chi connectivity index (χ3n) is 2.60. The van der Waals surface area contributed by atoms with Gasteiger partial charge in [-0.15, -0.1) is 0 Å². The zero-order valence-corrected chi connectivity index (χ0v) is 12.3. The molecule has 0 saturated heterocycles. The van der Waals surface area contributed by atoms with Crippen LogP contribution >= 0.6 is 11.6 Å². The number of aromatic amines is 2. The standard InChI is InChI=1S/C11H13ClN4O3S/c1-6(2)9-4-10(15-14-9)16-20(18,19)7-3-8(12)11(17)13-5-7/h3-6H,1-2H3,(H,13,17)(H2,14,15,16). The predicted octanol–water partition coefficient (Wildman–Crippen LogP) is 1.68. The average Bonchev–Trinajstić information content (AvgIpc) is 2.80. The maximum absolute atomic E-state index is 12.1. The molecule has 0 spiro atoms. The zero-order valence-electron chi connectivity index (χ0n) is 10.8. The van der Waals surface area contributed by atoms with Gasteiger partial charge < -0.3 is 4.98 Å². The van der Waals surface area contributed by atoms with Crippen LogP contribution in [0.2, 0.25) is 5.02 Å². The summed E-state index contributed by atoms with van der Waals surface area (Å²) in [5, 5.41) is 6.41. The highest BCUT2D eigenvalue weighted by Crippen LogP contribution is 2.18. The van der Waals surface area contributed by atoms with Gasteiger partial charge in [0.05, 0.1) is 0 Å². The summed E-state index contributed by atoms with van der Waals surface area (Å²) < 4.78 is 26.5. The van der Waals surface area contributed by atoms with Gasteiger partial charge in [-0.2, -0.15) is 5.10 Å². The van der Waals surface area contributed by atoms with Gasteiger partial charge in [0, 0.05) is 18.0 Å². The summed E-state index contributed by atoms with van der Waals surface area (Å²) in [6, 6.07) is 2.69. The van der Waals surface area contributed by atoms with Crippen molar-refractivity contribution in [2.24, 2.45) is 0 Å². The second kappa shape index (κ2) is 5.29. The molecule has 2 rings (SSSR count). The molecule has 108 valence electrons. The number of anilines is 1. The van der Waals surface area contributed by atoms with Crippen LogP contribution in [0.4, 0.5) is 5.82 Å². The van der Waals surface area contributed by atoms with Gasteiger partial charge in [-0.3, -0.25) is 14.6 Å². The maximum Gasteiger partial charge on any atom is 0.266 e. The van der Waals surface area contributed by atoms with E-state index in [9.17, 15) is 13.2 Å². The number of H-pyrrole nitrogens is 2. The lowest BCUT2D eigenvalue weighted by Crippen LogP contribution is -2.16. The lowest BCUT2D eigenvalue weighted by atomic mass is 10.1. The van der Waals surface area contributed by atoms with E-state index in [2.05, 4.69) is 19.9 Å². The molecule has 0 fully saturated rings. The van der Waals surface area contributed by atoms with Crippen molar-refractivity contribution in [3.8, 4) is 0 Å². The Kier molecular flexibility index (Phi) is 3.87. The van der Waals surface area contributed by atoms with Crippen LogP contribution < -0.4 is 10.3 Å². The van der Waals surface area contributed by atoms with Crippen LogP contribution in [-0.2, 0) is 10.0 Å². The van der Waals surface area contributed by atoms with Gasteiger partial charge in [0.2, 0.25) is 0 Å². The quantitative estimate of drug-likeness (QED) is 0.797. The Morgan fingerprint density at radius 3 is 2.60 bits per heavy atom. The summed E-state index contributed by atoms with van der Waals surface area (Å²) in [5.74, 6) is 0.374. The number of hydrogen-bond donors (Lipinski definition) is 3. The first-order valence-corrected chi connectivity index (χ1v) is 7.62. The first-order chi connectivity index (χ1) is 9.29. The second-order valence-electron chi connectivity index (χ2n) is 4.48. The summed E-state index contributed by atoms with van der Waals surface area (Å²) in [4.78, 5) is 13.2. The van der Waals surface area contributed by atoms with Crippen molar-refractivity contribution in [3.63, 3.8) is 0 Å². The van der Waals surface area contributed by atoms with Crippen molar-refractivity contribution in [2.75, 3.05) is 4.72 Å². The van der Waals surface area contributed by atoms with Crippen LogP contribution in [0.15, 0.2) is 28.0 Å². The van der Waals surface area contributed by atoms with Gasteiger partial charge in [0.15, 0.2) is 5.82 Å². The number of aromatic nitrogens is 3. The minimum absolute atomic E-state index is 0.142. The van der Waals surface area contributed by atoms with E-state index in [4.69, 9.17) is 11.6 Å². The van der Waals surface area contributed by atoms with E-state index in [-0.39, 0.29) is 21.7 Å². The molecule has 2 heterocycles. The Morgan fingerprint density at radius 2 is 2.05 bits per heavy atom. The molecule has 3 N–H and O–H groups in total. The summed E-state index contributed by atoms with van der Waals surface area (Å²) in [6.07, 6.45) is 1.08. The van der Waals surface area contributed by atoms with Crippen molar-refractivity contribution in [1.29, 1.82) is 0 Å². The second-order valence-corrected chi connectivity index (χ2v) is 6.57. The van der Waals surface area contributed by atoms with Crippen LogP contribution in [0.1, 0.15) is 25.5 Å². The number of nitrogens with zero attached hydrogens (tertiary/aromatic N) is 1. The van der Waals surface area contributed by atoms with Crippen molar-refractivity contribution in [2.45, 2.75) is 24.7 Å². The van der Waals surface area contributed by atoms with E-state index in [1.807, 2.05) is 13.8 Å². The van der Waals surface area contributed by atoms with E-state index in [1.54, 1.807) is 6.07 Å². The van der Waals surface area contributed by atoms with E-state index < -0.39 is 15.6 Å². The first kappa shape index (κ1) is 14.6. The van der Waals surface area contributed by atoms with E-state index in [0.29, 0.717) is 0 Å². The van der Waals surface area contributed by atoms with Gasteiger partial charge in [-0.25, -0.2) is 8.42 Å². The highest BCUT2D eigenvalue weighted by atomic mass is 35.5. The summed E-state index contributed by atoms with van der Waals surface area (Å²) in [7, 11) is -3.85. The molecule has 0 unspecified atom stereocenters. The molecule has 0 amide bonds. The molecule has 2 aromatic rings. The van der Waals surface area contributed by atoms with Crippen molar-refractivity contribution < 1.29 is 8.42 Å². The molecule has 0 saturated carbocycles. The number of sulfonamides is 1. The average molecular weight is 317 g/mol. The van der Waals surface area contributed by atoms with Gasteiger partial charge in [-0.1, -0.05) is 25.4 Å². The van der Waals surface area contributed by atoms with Crippen molar-refractivity contribution in [1.82, 2.24) is 15.2 Å². The number of pyridine rings is 1. The van der Waals surface area contributed by atoms with Crippen LogP contribution in [0, 0.1) is 0 Å².